The molecule has 0 aromatic heterocycles. The molecule has 0 amide bonds. The maximum atomic E-state index is 5.83. The first-order chi connectivity index (χ1) is 5.79. The molecule has 2 N–H and O–H groups in total. The molecule has 12 heavy (non-hydrogen) atoms. The second kappa shape index (κ2) is 2.56. The zero-order valence-corrected chi connectivity index (χ0v) is 7.04. The van der Waals surface area contributed by atoms with Crippen molar-refractivity contribution in [3.8, 4) is 0 Å². The lowest BCUT2D eigenvalue weighted by Crippen LogP contribution is -2.04. The highest BCUT2D eigenvalue weighted by Crippen LogP contribution is 2.17. The summed E-state index contributed by atoms with van der Waals surface area (Å²) < 4.78 is 0. The highest BCUT2D eigenvalue weighted by atomic mass is 14.5. The number of rotatable bonds is 0. The van der Waals surface area contributed by atoms with Gasteiger partial charge in [0.15, 0.2) is 0 Å². The van der Waals surface area contributed by atoms with E-state index in [4.69, 9.17) is 5.73 Å². The van der Waals surface area contributed by atoms with Crippen molar-refractivity contribution in [1.82, 2.24) is 0 Å². The lowest BCUT2D eigenvalue weighted by Gasteiger charge is -2.03. The standard InChI is InChI=1S/C10H10BN/c11-9-5-6-10(12)8-4-2-1-3-7(8)9/h1-6H,11-12H2. The van der Waals surface area contributed by atoms with E-state index in [2.05, 4.69) is 26.0 Å². The van der Waals surface area contributed by atoms with Crippen LogP contribution >= 0.6 is 0 Å². The summed E-state index contributed by atoms with van der Waals surface area (Å²) in [5.41, 5.74) is 7.96. The average Bonchev–Trinajstić information content (AvgIpc) is 2.12. The maximum Gasteiger partial charge on any atom is 0.140 e. The van der Waals surface area contributed by atoms with Gasteiger partial charge < -0.3 is 5.73 Å². The summed E-state index contributed by atoms with van der Waals surface area (Å²) in [5.74, 6) is 0. The first kappa shape index (κ1) is 7.23. The van der Waals surface area contributed by atoms with Crippen LogP contribution in [0.1, 0.15) is 0 Å². The van der Waals surface area contributed by atoms with Gasteiger partial charge in [0, 0.05) is 11.1 Å². The first-order valence-corrected chi connectivity index (χ1v) is 4.03. The number of nitrogens with two attached hydrogens (primary N) is 1. The van der Waals surface area contributed by atoms with Gasteiger partial charge in [-0.05, 0) is 11.5 Å². The zero-order chi connectivity index (χ0) is 8.55. The second-order valence-electron chi connectivity index (χ2n) is 3.02. The fourth-order valence-electron chi connectivity index (χ4n) is 1.47. The van der Waals surface area contributed by atoms with Crippen LogP contribution in [0.2, 0.25) is 0 Å². The Morgan fingerprint density at radius 3 is 2.25 bits per heavy atom. The van der Waals surface area contributed by atoms with Crippen molar-refractivity contribution in [2.24, 2.45) is 0 Å². The predicted octanol–water partition coefficient (Wildman–Crippen LogP) is 0.680. The Morgan fingerprint density at radius 1 is 0.917 bits per heavy atom. The summed E-state index contributed by atoms with van der Waals surface area (Å²) in [4.78, 5) is 0. The van der Waals surface area contributed by atoms with E-state index >= 15 is 0 Å². The normalized spacial score (nSPS) is 10.3. The second-order valence-corrected chi connectivity index (χ2v) is 3.02. The molecule has 0 atom stereocenters. The molecule has 2 aromatic carbocycles. The van der Waals surface area contributed by atoms with Crippen LogP contribution in [0.4, 0.5) is 5.69 Å². The SMILES string of the molecule is Bc1ccc(N)c2ccccc12. The fraction of sp³-hybridized carbons (Fsp3) is 0. The summed E-state index contributed by atoms with van der Waals surface area (Å²) in [7, 11) is 2.10. The average molecular weight is 155 g/mol. The van der Waals surface area contributed by atoms with Crippen LogP contribution < -0.4 is 11.2 Å². The number of hydrogen-bond acceptors (Lipinski definition) is 1. The van der Waals surface area contributed by atoms with Gasteiger partial charge in [-0.3, -0.25) is 0 Å². The van der Waals surface area contributed by atoms with E-state index in [0.29, 0.717) is 0 Å². The van der Waals surface area contributed by atoms with Crippen molar-refractivity contribution in [3.63, 3.8) is 0 Å². The smallest absolute Gasteiger partial charge is 0.140 e. The van der Waals surface area contributed by atoms with Gasteiger partial charge in [-0.2, -0.15) is 0 Å². The van der Waals surface area contributed by atoms with Crippen molar-refractivity contribution < 1.29 is 0 Å². The third-order valence-electron chi connectivity index (χ3n) is 2.18. The Labute approximate surface area is 72.6 Å². The van der Waals surface area contributed by atoms with Gasteiger partial charge in [0.2, 0.25) is 0 Å². The van der Waals surface area contributed by atoms with Gasteiger partial charge in [-0.15, -0.1) is 0 Å². The van der Waals surface area contributed by atoms with Crippen LogP contribution in [-0.2, 0) is 0 Å². The molecule has 0 radical (unpaired) electrons. The monoisotopic (exact) mass is 155 g/mol. The molecule has 0 aliphatic carbocycles. The van der Waals surface area contributed by atoms with E-state index in [1.54, 1.807) is 0 Å². The summed E-state index contributed by atoms with van der Waals surface area (Å²) in [6.45, 7) is 0. The molecule has 0 unspecified atom stereocenters. The van der Waals surface area contributed by atoms with Gasteiger partial charge in [-0.1, -0.05) is 35.8 Å². The number of nitrogen functional groups attached to an aromatic ring is 1. The van der Waals surface area contributed by atoms with Gasteiger partial charge in [0.25, 0.3) is 0 Å². The molecule has 2 heteroatoms. The molecule has 0 bridgehead atoms. The quantitative estimate of drug-likeness (QED) is 0.439. The van der Waals surface area contributed by atoms with Crippen LogP contribution in [0.25, 0.3) is 10.8 Å². The van der Waals surface area contributed by atoms with Crippen molar-refractivity contribution in [2.75, 3.05) is 5.73 Å². The van der Waals surface area contributed by atoms with Gasteiger partial charge in [-0.25, -0.2) is 0 Å². The van der Waals surface area contributed by atoms with Crippen LogP contribution in [0.3, 0.4) is 0 Å². The third kappa shape index (κ3) is 0.963. The van der Waals surface area contributed by atoms with E-state index in [9.17, 15) is 0 Å². The van der Waals surface area contributed by atoms with Crippen molar-refractivity contribution in [2.45, 2.75) is 0 Å². The summed E-state index contributed by atoms with van der Waals surface area (Å²) in [6.07, 6.45) is 0. The van der Waals surface area contributed by atoms with Gasteiger partial charge >= 0.3 is 0 Å². The van der Waals surface area contributed by atoms with Crippen LogP contribution in [0, 0.1) is 0 Å². The Hall–Kier alpha value is -1.44. The molecule has 0 heterocycles. The Kier molecular flexibility index (Phi) is 1.54. The van der Waals surface area contributed by atoms with E-state index in [-0.39, 0.29) is 0 Å². The first-order valence-electron chi connectivity index (χ1n) is 4.03. The van der Waals surface area contributed by atoms with E-state index in [1.807, 2.05) is 18.2 Å². The summed E-state index contributed by atoms with van der Waals surface area (Å²) in [6, 6.07) is 12.2. The number of anilines is 1. The number of hydrogen-bond donors (Lipinski definition) is 1. The molecule has 1 nitrogen and oxygen atoms in total. The van der Waals surface area contributed by atoms with E-state index in [0.717, 1.165) is 11.1 Å². The minimum Gasteiger partial charge on any atom is -0.398 e. The summed E-state index contributed by atoms with van der Waals surface area (Å²) >= 11 is 0. The van der Waals surface area contributed by atoms with Crippen LogP contribution in [0.15, 0.2) is 36.4 Å². The lowest BCUT2D eigenvalue weighted by atomic mass is 9.89. The molecule has 0 saturated heterocycles. The third-order valence-corrected chi connectivity index (χ3v) is 2.18. The highest BCUT2D eigenvalue weighted by Gasteiger charge is 1.97. The van der Waals surface area contributed by atoms with E-state index in [1.165, 1.54) is 10.8 Å². The maximum absolute atomic E-state index is 5.83. The minimum atomic E-state index is 0.858. The van der Waals surface area contributed by atoms with Crippen LogP contribution in [0.5, 0.6) is 0 Å². The predicted molar refractivity (Wildman–Crippen MR) is 56.5 cm³/mol. The summed E-state index contributed by atoms with van der Waals surface area (Å²) in [5, 5.41) is 2.40. The van der Waals surface area contributed by atoms with Crippen molar-refractivity contribution in [3.05, 3.63) is 36.4 Å². The highest BCUT2D eigenvalue weighted by molar-refractivity contribution is 6.39. The largest absolute Gasteiger partial charge is 0.398 e. The topological polar surface area (TPSA) is 26.0 Å². The van der Waals surface area contributed by atoms with Gasteiger partial charge in [0.05, 0.1) is 0 Å². The Balaban J connectivity index is 2.95. The minimum absolute atomic E-state index is 0.858. The molecule has 0 aliphatic rings. The van der Waals surface area contributed by atoms with Crippen molar-refractivity contribution >= 4 is 29.8 Å². The zero-order valence-electron chi connectivity index (χ0n) is 7.04. The van der Waals surface area contributed by atoms with Gasteiger partial charge in [0.1, 0.15) is 7.85 Å². The molecule has 2 aromatic rings. The molecule has 2 rings (SSSR count). The number of benzene rings is 2. The number of fused-ring (bicyclic) bond motifs is 1. The fourth-order valence-corrected chi connectivity index (χ4v) is 1.47. The molecular weight excluding hydrogens is 145 g/mol. The molecule has 58 valence electrons. The molecule has 0 aliphatic heterocycles. The van der Waals surface area contributed by atoms with E-state index < -0.39 is 0 Å². The molecule has 0 saturated carbocycles. The lowest BCUT2D eigenvalue weighted by molar-refractivity contribution is 1.76. The van der Waals surface area contributed by atoms with Crippen LogP contribution in [-0.4, -0.2) is 7.85 Å². The van der Waals surface area contributed by atoms with Crippen molar-refractivity contribution in [1.29, 1.82) is 0 Å². The Bertz CT molecular complexity index is 383. The molecule has 0 spiro atoms. The molecule has 0 fully saturated rings. The molecular formula is C10H10BN. The Morgan fingerprint density at radius 2 is 1.58 bits per heavy atom.